The summed E-state index contributed by atoms with van der Waals surface area (Å²) < 4.78 is 10.0. The van der Waals surface area contributed by atoms with Gasteiger partial charge in [-0.25, -0.2) is 4.79 Å². The van der Waals surface area contributed by atoms with Crippen LogP contribution in [0.5, 0.6) is 5.75 Å². The molecule has 6 heteroatoms. The van der Waals surface area contributed by atoms with Gasteiger partial charge in [0.2, 0.25) is 5.91 Å². The quantitative estimate of drug-likeness (QED) is 0.751. The molecule has 0 aliphatic carbocycles. The number of hydrogen-bond donors (Lipinski definition) is 2. The van der Waals surface area contributed by atoms with E-state index in [9.17, 15) is 9.59 Å². The highest BCUT2D eigenvalue weighted by Gasteiger charge is 2.09. The fourth-order valence-corrected chi connectivity index (χ4v) is 1.56. The first-order valence-electron chi connectivity index (χ1n) is 6.34. The second kappa shape index (κ2) is 8.16. The molecule has 20 heavy (non-hydrogen) atoms. The third kappa shape index (κ3) is 5.71. The molecule has 0 aliphatic rings. The molecule has 6 nitrogen and oxygen atoms in total. The topological polar surface area (TPSA) is 84.9 Å². The lowest BCUT2D eigenvalue weighted by atomic mass is 10.1. The molecule has 0 radical (unpaired) electrons. The molecule has 1 aromatic rings. The van der Waals surface area contributed by atoms with Crippen molar-refractivity contribution in [2.24, 2.45) is 0 Å². The van der Waals surface area contributed by atoms with Gasteiger partial charge in [0.05, 0.1) is 6.04 Å². The first-order valence-corrected chi connectivity index (χ1v) is 6.34. The van der Waals surface area contributed by atoms with E-state index in [-0.39, 0.29) is 25.2 Å². The van der Waals surface area contributed by atoms with E-state index in [2.05, 4.69) is 5.32 Å². The molecule has 1 rings (SSSR count). The summed E-state index contributed by atoms with van der Waals surface area (Å²) in [6, 6.07) is 6.75. The van der Waals surface area contributed by atoms with Gasteiger partial charge in [0, 0.05) is 6.61 Å². The van der Waals surface area contributed by atoms with Crippen LogP contribution in [-0.4, -0.2) is 36.8 Å². The fraction of sp³-hybridized carbons (Fsp3) is 0.429. The summed E-state index contributed by atoms with van der Waals surface area (Å²) in [5, 5.41) is 11.3. The van der Waals surface area contributed by atoms with Gasteiger partial charge in [-0.15, -0.1) is 0 Å². The summed E-state index contributed by atoms with van der Waals surface area (Å²) in [5.74, 6) is -0.722. The van der Waals surface area contributed by atoms with Crippen LogP contribution in [0, 0.1) is 0 Å². The number of carbonyl (C=O) groups excluding carboxylic acids is 1. The summed E-state index contributed by atoms with van der Waals surface area (Å²) >= 11 is 0. The minimum atomic E-state index is -1.02. The van der Waals surface area contributed by atoms with Gasteiger partial charge in [-0.1, -0.05) is 12.1 Å². The second-order valence-corrected chi connectivity index (χ2v) is 4.18. The first-order chi connectivity index (χ1) is 9.52. The average molecular weight is 281 g/mol. The lowest BCUT2D eigenvalue weighted by Gasteiger charge is -2.14. The largest absolute Gasteiger partial charge is 0.482 e. The monoisotopic (exact) mass is 281 g/mol. The number of hydrogen-bond acceptors (Lipinski definition) is 4. The number of amides is 1. The molecular weight excluding hydrogens is 262 g/mol. The number of carboxylic acid groups (broad SMARTS) is 1. The van der Waals surface area contributed by atoms with Crippen LogP contribution in [0.1, 0.15) is 25.5 Å². The minimum absolute atomic E-state index is 0.0423. The van der Waals surface area contributed by atoms with Crippen LogP contribution in [0.15, 0.2) is 24.3 Å². The zero-order valence-corrected chi connectivity index (χ0v) is 11.6. The zero-order valence-electron chi connectivity index (χ0n) is 11.6. The molecule has 1 atom stereocenters. The van der Waals surface area contributed by atoms with Crippen LogP contribution < -0.4 is 10.1 Å². The van der Waals surface area contributed by atoms with Gasteiger partial charge in [-0.3, -0.25) is 4.79 Å². The van der Waals surface area contributed by atoms with Crippen molar-refractivity contribution in [3.05, 3.63) is 29.8 Å². The predicted octanol–water partition coefficient (Wildman–Crippen LogP) is 1.36. The molecular formula is C14H19NO5. The van der Waals surface area contributed by atoms with Crippen LogP contribution in [0.25, 0.3) is 0 Å². The Morgan fingerprint density at radius 3 is 2.45 bits per heavy atom. The van der Waals surface area contributed by atoms with E-state index in [1.165, 1.54) is 0 Å². The Morgan fingerprint density at radius 2 is 1.90 bits per heavy atom. The zero-order chi connectivity index (χ0) is 15.0. The lowest BCUT2D eigenvalue weighted by molar-refractivity contribution is -0.139. The van der Waals surface area contributed by atoms with Gasteiger partial charge < -0.3 is 19.9 Å². The van der Waals surface area contributed by atoms with E-state index in [0.29, 0.717) is 12.4 Å². The Hall–Kier alpha value is -2.08. The van der Waals surface area contributed by atoms with Gasteiger partial charge in [0.25, 0.3) is 0 Å². The molecule has 1 unspecified atom stereocenters. The smallest absolute Gasteiger partial charge is 0.341 e. The van der Waals surface area contributed by atoms with Crippen molar-refractivity contribution in [3.8, 4) is 5.75 Å². The van der Waals surface area contributed by atoms with Crippen molar-refractivity contribution in [1.82, 2.24) is 5.32 Å². The summed E-state index contributed by atoms with van der Waals surface area (Å²) in [6.07, 6.45) is 0. The second-order valence-electron chi connectivity index (χ2n) is 4.18. The van der Waals surface area contributed by atoms with Crippen LogP contribution in [0.3, 0.4) is 0 Å². The average Bonchev–Trinajstić information content (AvgIpc) is 2.43. The van der Waals surface area contributed by atoms with Crippen molar-refractivity contribution in [2.45, 2.75) is 19.9 Å². The number of nitrogens with one attached hydrogen (secondary N) is 1. The molecule has 1 aromatic carbocycles. The number of rotatable bonds is 8. The number of aliphatic carboxylic acids is 1. The first kappa shape index (κ1) is 16.0. The molecule has 0 fully saturated rings. The minimum Gasteiger partial charge on any atom is -0.482 e. The van der Waals surface area contributed by atoms with Gasteiger partial charge in [0.15, 0.2) is 6.61 Å². The maximum absolute atomic E-state index is 11.5. The molecule has 0 bridgehead atoms. The summed E-state index contributed by atoms with van der Waals surface area (Å²) in [4.78, 5) is 21.9. The normalized spacial score (nSPS) is 11.7. The maximum atomic E-state index is 11.5. The predicted molar refractivity (Wildman–Crippen MR) is 72.6 cm³/mol. The number of carbonyl (C=O) groups is 2. The number of benzene rings is 1. The molecule has 1 amide bonds. The van der Waals surface area contributed by atoms with E-state index in [4.69, 9.17) is 14.6 Å². The van der Waals surface area contributed by atoms with E-state index in [0.717, 1.165) is 5.56 Å². The standard InChI is InChI=1S/C14H19NO5/c1-3-19-8-13(16)15-10(2)11-4-6-12(7-5-11)20-9-14(17)18/h4-7,10H,3,8-9H2,1-2H3,(H,15,16)(H,17,18). The van der Waals surface area contributed by atoms with Crippen molar-refractivity contribution < 1.29 is 24.2 Å². The Kier molecular flexibility index (Phi) is 6.52. The Bertz CT molecular complexity index is 443. The highest BCUT2D eigenvalue weighted by atomic mass is 16.5. The van der Waals surface area contributed by atoms with Crippen molar-refractivity contribution in [3.63, 3.8) is 0 Å². The van der Waals surface area contributed by atoms with Crippen LogP contribution >= 0.6 is 0 Å². The van der Waals surface area contributed by atoms with Gasteiger partial charge in [-0.05, 0) is 31.5 Å². The fourth-order valence-electron chi connectivity index (χ4n) is 1.56. The van der Waals surface area contributed by atoms with Crippen LogP contribution in [-0.2, 0) is 14.3 Å². The van der Waals surface area contributed by atoms with Crippen LogP contribution in [0.2, 0.25) is 0 Å². The van der Waals surface area contributed by atoms with Gasteiger partial charge in [-0.2, -0.15) is 0 Å². The molecule has 0 spiro atoms. The third-order valence-corrected chi connectivity index (χ3v) is 2.56. The number of carboxylic acids is 1. The molecule has 0 heterocycles. The summed E-state index contributed by atoms with van der Waals surface area (Å²) in [5.41, 5.74) is 0.900. The van der Waals surface area contributed by atoms with Crippen molar-refractivity contribution in [1.29, 1.82) is 0 Å². The number of ether oxygens (including phenoxy) is 2. The molecule has 0 aliphatic heterocycles. The SMILES string of the molecule is CCOCC(=O)NC(C)c1ccc(OCC(=O)O)cc1. The highest BCUT2D eigenvalue weighted by Crippen LogP contribution is 2.17. The molecule has 0 saturated heterocycles. The van der Waals surface area contributed by atoms with Crippen LogP contribution in [0.4, 0.5) is 0 Å². The van der Waals surface area contributed by atoms with Crippen molar-refractivity contribution >= 4 is 11.9 Å². The van der Waals surface area contributed by atoms with E-state index >= 15 is 0 Å². The third-order valence-electron chi connectivity index (χ3n) is 2.56. The molecule has 0 aromatic heterocycles. The molecule has 0 saturated carbocycles. The molecule has 2 N–H and O–H groups in total. The Morgan fingerprint density at radius 1 is 1.25 bits per heavy atom. The van der Waals surface area contributed by atoms with Gasteiger partial charge in [0.1, 0.15) is 12.4 Å². The van der Waals surface area contributed by atoms with Crippen molar-refractivity contribution in [2.75, 3.05) is 19.8 Å². The molecule has 110 valence electrons. The Labute approximate surface area is 117 Å². The summed E-state index contributed by atoms with van der Waals surface area (Å²) in [7, 11) is 0. The van der Waals surface area contributed by atoms with E-state index < -0.39 is 5.97 Å². The lowest BCUT2D eigenvalue weighted by Crippen LogP contribution is -2.30. The maximum Gasteiger partial charge on any atom is 0.341 e. The van der Waals surface area contributed by atoms with Gasteiger partial charge >= 0.3 is 5.97 Å². The van der Waals surface area contributed by atoms with E-state index in [1.807, 2.05) is 13.8 Å². The van der Waals surface area contributed by atoms with E-state index in [1.54, 1.807) is 24.3 Å². The highest BCUT2D eigenvalue weighted by molar-refractivity contribution is 5.77. The summed E-state index contributed by atoms with van der Waals surface area (Å²) in [6.45, 7) is 3.85. The Balaban J connectivity index is 2.50.